The first-order chi connectivity index (χ1) is 5.97. The summed E-state index contributed by atoms with van der Waals surface area (Å²) in [6, 6.07) is 0. The summed E-state index contributed by atoms with van der Waals surface area (Å²) in [6.07, 6.45) is 1.26. The lowest BCUT2D eigenvalue weighted by Crippen LogP contribution is -2.26. The first kappa shape index (κ1) is 10.5. The van der Waals surface area contributed by atoms with Crippen molar-refractivity contribution in [2.75, 3.05) is 6.26 Å². The van der Waals surface area contributed by atoms with Gasteiger partial charge in [0.05, 0.1) is 7.05 Å². The molecule has 13 heavy (non-hydrogen) atoms. The summed E-state index contributed by atoms with van der Waals surface area (Å²) in [7, 11) is 1.68. The molecule has 1 rings (SSSR count). The van der Waals surface area contributed by atoms with Crippen LogP contribution < -0.4 is 0 Å². The molecule has 0 amide bonds. The molecule has 1 aromatic rings. The minimum Gasteiger partial charge on any atom is -0.383 e. The number of nitrogens with zero attached hydrogens (tertiary/aromatic N) is 4. The Balaban J connectivity index is 2.84. The molecule has 0 aliphatic heterocycles. The van der Waals surface area contributed by atoms with Crippen LogP contribution in [0, 0.1) is 0 Å². The monoisotopic (exact) mass is 202 g/mol. The van der Waals surface area contributed by atoms with E-state index in [9.17, 15) is 5.11 Å². The molecule has 6 heteroatoms. The Bertz CT molecular complexity index is 286. The molecule has 0 bridgehead atoms. The predicted octanol–water partition coefficient (Wildman–Crippen LogP) is 0.385. The molecular weight excluding hydrogens is 188 g/mol. The molecule has 0 fully saturated rings. The quantitative estimate of drug-likeness (QED) is 0.768. The Morgan fingerprint density at radius 2 is 2.15 bits per heavy atom. The van der Waals surface area contributed by atoms with Gasteiger partial charge in [-0.05, 0) is 25.3 Å². The second kappa shape index (κ2) is 3.63. The van der Waals surface area contributed by atoms with E-state index in [4.69, 9.17) is 0 Å². The van der Waals surface area contributed by atoms with Gasteiger partial charge in [-0.25, -0.2) is 0 Å². The highest BCUT2D eigenvalue weighted by atomic mass is 32.2. The number of aryl methyl sites for hydroxylation is 1. The van der Waals surface area contributed by atoms with Gasteiger partial charge in [-0.2, -0.15) is 16.6 Å². The van der Waals surface area contributed by atoms with Gasteiger partial charge in [-0.3, -0.25) is 0 Å². The predicted molar refractivity (Wildman–Crippen MR) is 51.4 cm³/mol. The average molecular weight is 202 g/mol. The molecule has 0 saturated carbocycles. The Labute approximate surface area is 81.5 Å². The van der Waals surface area contributed by atoms with Gasteiger partial charge < -0.3 is 5.11 Å². The van der Waals surface area contributed by atoms with Crippen LogP contribution in [0.2, 0.25) is 0 Å². The van der Waals surface area contributed by atoms with Crippen LogP contribution in [0.1, 0.15) is 25.8 Å². The number of hydrogen-bond donors (Lipinski definition) is 1. The van der Waals surface area contributed by atoms with Gasteiger partial charge in [0.1, 0.15) is 6.10 Å². The lowest BCUT2D eigenvalue weighted by atomic mass is 10.1. The Morgan fingerprint density at radius 1 is 1.54 bits per heavy atom. The first-order valence-electron chi connectivity index (χ1n) is 3.94. The summed E-state index contributed by atoms with van der Waals surface area (Å²) in [5.74, 6) is 0.377. The van der Waals surface area contributed by atoms with Crippen LogP contribution in [0.3, 0.4) is 0 Å². The van der Waals surface area contributed by atoms with Gasteiger partial charge in [0, 0.05) is 4.75 Å². The number of thioether (sulfide) groups is 1. The van der Waals surface area contributed by atoms with Gasteiger partial charge in [0.15, 0.2) is 0 Å². The van der Waals surface area contributed by atoms with Crippen molar-refractivity contribution in [3.05, 3.63) is 5.82 Å². The van der Waals surface area contributed by atoms with E-state index < -0.39 is 6.10 Å². The number of aliphatic hydroxyl groups is 1. The molecule has 0 saturated heterocycles. The maximum atomic E-state index is 9.86. The van der Waals surface area contributed by atoms with Gasteiger partial charge in [-0.15, -0.1) is 10.2 Å². The fraction of sp³-hybridized carbons (Fsp3) is 0.857. The number of aliphatic hydroxyl groups excluding tert-OH is 1. The Kier molecular flexibility index (Phi) is 2.92. The van der Waals surface area contributed by atoms with Crippen molar-refractivity contribution in [2.45, 2.75) is 24.7 Å². The molecule has 74 valence electrons. The molecule has 0 aliphatic rings. The number of aromatic nitrogens is 4. The van der Waals surface area contributed by atoms with Crippen molar-refractivity contribution in [1.29, 1.82) is 0 Å². The van der Waals surface area contributed by atoms with Crippen LogP contribution >= 0.6 is 11.8 Å². The standard InChI is InChI=1S/C7H14N4OS/c1-7(2,13-4)5(12)6-8-10-11(3)9-6/h5,12H,1-4H3. The SMILES string of the molecule is CSC(C)(C)C(O)c1nnn(C)n1. The van der Waals surface area contributed by atoms with Gasteiger partial charge >= 0.3 is 0 Å². The van der Waals surface area contributed by atoms with Gasteiger partial charge in [-0.1, -0.05) is 0 Å². The Morgan fingerprint density at radius 3 is 2.54 bits per heavy atom. The van der Waals surface area contributed by atoms with Crippen LogP contribution in [0.5, 0.6) is 0 Å². The van der Waals surface area contributed by atoms with E-state index in [1.54, 1.807) is 18.8 Å². The highest BCUT2D eigenvalue weighted by Gasteiger charge is 2.31. The lowest BCUT2D eigenvalue weighted by molar-refractivity contribution is 0.134. The van der Waals surface area contributed by atoms with Crippen molar-refractivity contribution in [3.8, 4) is 0 Å². The van der Waals surface area contributed by atoms with Crippen molar-refractivity contribution < 1.29 is 5.11 Å². The zero-order chi connectivity index (χ0) is 10.1. The summed E-state index contributed by atoms with van der Waals surface area (Å²) in [4.78, 5) is 1.34. The molecule has 0 aromatic carbocycles. The van der Waals surface area contributed by atoms with E-state index >= 15 is 0 Å². The third kappa shape index (κ3) is 2.19. The molecule has 1 N–H and O–H groups in total. The molecule has 1 atom stereocenters. The van der Waals surface area contributed by atoms with E-state index in [0.29, 0.717) is 5.82 Å². The van der Waals surface area contributed by atoms with Crippen LogP contribution in [0.25, 0.3) is 0 Å². The molecule has 5 nitrogen and oxygen atoms in total. The minimum absolute atomic E-state index is 0.289. The number of rotatable bonds is 3. The maximum Gasteiger partial charge on any atom is 0.204 e. The topological polar surface area (TPSA) is 63.8 Å². The summed E-state index contributed by atoms with van der Waals surface area (Å²) in [6.45, 7) is 3.89. The van der Waals surface area contributed by atoms with E-state index in [1.807, 2.05) is 20.1 Å². The fourth-order valence-corrected chi connectivity index (χ4v) is 1.16. The average Bonchev–Trinajstić information content (AvgIpc) is 2.50. The zero-order valence-electron chi connectivity index (χ0n) is 8.22. The van der Waals surface area contributed by atoms with Crippen molar-refractivity contribution in [2.24, 2.45) is 7.05 Å². The highest BCUT2D eigenvalue weighted by Crippen LogP contribution is 2.33. The molecule has 1 unspecified atom stereocenters. The molecule has 0 spiro atoms. The van der Waals surface area contributed by atoms with E-state index in [1.165, 1.54) is 4.80 Å². The normalized spacial score (nSPS) is 14.5. The first-order valence-corrected chi connectivity index (χ1v) is 5.17. The third-order valence-electron chi connectivity index (χ3n) is 1.95. The minimum atomic E-state index is -0.684. The lowest BCUT2D eigenvalue weighted by Gasteiger charge is -2.25. The van der Waals surface area contributed by atoms with Crippen LogP contribution in [-0.2, 0) is 7.05 Å². The van der Waals surface area contributed by atoms with E-state index in [0.717, 1.165) is 0 Å². The largest absolute Gasteiger partial charge is 0.383 e. The molecular formula is C7H14N4OS. The number of hydrogen-bond acceptors (Lipinski definition) is 5. The van der Waals surface area contributed by atoms with Crippen LogP contribution in [-0.4, -0.2) is 36.3 Å². The second-order valence-corrected chi connectivity index (χ2v) is 4.81. The Hall–Kier alpha value is -0.620. The number of tetrazole rings is 1. The summed E-state index contributed by atoms with van der Waals surface area (Å²) in [5.41, 5.74) is 0. The van der Waals surface area contributed by atoms with Gasteiger partial charge in [0.2, 0.25) is 5.82 Å². The fourth-order valence-electron chi connectivity index (χ4n) is 0.831. The summed E-state index contributed by atoms with van der Waals surface area (Å²) in [5, 5.41) is 21.3. The second-order valence-electron chi connectivity index (χ2n) is 3.35. The van der Waals surface area contributed by atoms with Crippen molar-refractivity contribution in [3.63, 3.8) is 0 Å². The van der Waals surface area contributed by atoms with Crippen molar-refractivity contribution >= 4 is 11.8 Å². The molecule has 1 heterocycles. The summed E-state index contributed by atoms with van der Waals surface area (Å²) < 4.78 is -0.289. The van der Waals surface area contributed by atoms with Crippen molar-refractivity contribution in [1.82, 2.24) is 20.2 Å². The zero-order valence-corrected chi connectivity index (χ0v) is 9.04. The van der Waals surface area contributed by atoms with Crippen LogP contribution in [0.4, 0.5) is 0 Å². The smallest absolute Gasteiger partial charge is 0.204 e. The maximum absolute atomic E-state index is 9.86. The van der Waals surface area contributed by atoms with Crippen LogP contribution in [0.15, 0.2) is 0 Å². The van der Waals surface area contributed by atoms with E-state index in [2.05, 4.69) is 15.4 Å². The molecule has 0 radical (unpaired) electrons. The highest BCUT2D eigenvalue weighted by molar-refractivity contribution is 7.99. The molecule has 1 aromatic heterocycles. The van der Waals surface area contributed by atoms with Gasteiger partial charge in [0.25, 0.3) is 0 Å². The summed E-state index contributed by atoms with van der Waals surface area (Å²) >= 11 is 1.57. The third-order valence-corrected chi connectivity index (χ3v) is 3.23. The molecule has 0 aliphatic carbocycles. The van der Waals surface area contributed by atoms with E-state index in [-0.39, 0.29) is 4.75 Å².